The molecule has 1 rings (SSSR count). The van der Waals surface area contributed by atoms with Gasteiger partial charge in [-0.05, 0) is 12.3 Å². The lowest BCUT2D eigenvalue weighted by Gasteiger charge is -2.12. The molecule has 3 atom stereocenters. The van der Waals surface area contributed by atoms with Crippen LogP contribution in [0.5, 0.6) is 0 Å². The van der Waals surface area contributed by atoms with Crippen molar-refractivity contribution in [1.82, 2.24) is 0 Å². The predicted molar refractivity (Wildman–Crippen MR) is 42.0 cm³/mol. The Hall–Kier alpha value is -0.830. The Morgan fingerprint density at radius 2 is 2.36 bits per heavy atom. The molecule has 1 fully saturated rings. The lowest BCUT2D eigenvalue weighted by atomic mass is 10.00. The lowest BCUT2D eigenvalue weighted by Crippen LogP contribution is -2.34. The summed E-state index contributed by atoms with van der Waals surface area (Å²) in [5.41, 5.74) is 6.64. The van der Waals surface area contributed by atoms with Crippen LogP contribution in [-0.2, 0) is 4.79 Å². The third-order valence-corrected chi connectivity index (χ3v) is 2.49. The third kappa shape index (κ3) is 1.28. The molecule has 0 aromatic rings. The van der Waals surface area contributed by atoms with Gasteiger partial charge in [-0.15, -0.1) is 0 Å². The maximum Gasteiger partial charge on any atom is 0.308 e. The highest BCUT2D eigenvalue weighted by molar-refractivity contribution is 5.72. The minimum absolute atomic E-state index is 0.149. The molecule has 0 aromatic heterocycles. The monoisotopic (exact) mass is 155 g/mol. The van der Waals surface area contributed by atoms with E-state index in [9.17, 15) is 4.79 Å². The van der Waals surface area contributed by atoms with E-state index in [4.69, 9.17) is 10.8 Å². The van der Waals surface area contributed by atoms with Crippen LogP contribution in [0.2, 0.25) is 0 Å². The number of hydrogen-bond acceptors (Lipinski definition) is 2. The first-order valence-electron chi connectivity index (χ1n) is 3.70. The molecule has 0 bridgehead atoms. The average Bonchev–Trinajstić information content (AvgIpc) is 2.17. The van der Waals surface area contributed by atoms with Gasteiger partial charge < -0.3 is 10.8 Å². The van der Waals surface area contributed by atoms with Gasteiger partial charge in [-0.25, -0.2) is 0 Å². The maximum atomic E-state index is 10.6. The fourth-order valence-electron chi connectivity index (χ4n) is 1.48. The van der Waals surface area contributed by atoms with Crippen LogP contribution in [0.25, 0.3) is 0 Å². The van der Waals surface area contributed by atoms with Crippen molar-refractivity contribution in [3.8, 4) is 0 Å². The standard InChI is InChI=1S/C8H13NO2/c1-4-3-6(8(10)11)7(9)5(4)2/h5-7H,1,3,9H2,2H3,(H,10,11)/t5?,6-,7+/m1/s1. The highest BCUT2D eigenvalue weighted by atomic mass is 16.4. The zero-order valence-corrected chi connectivity index (χ0v) is 6.58. The smallest absolute Gasteiger partial charge is 0.308 e. The van der Waals surface area contributed by atoms with Crippen LogP contribution in [0, 0.1) is 11.8 Å². The first kappa shape index (κ1) is 8.27. The van der Waals surface area contributed by atoms with Crippen LogP contribution in [0.3, 0.4) is 0 Å². The Bertz CT molecular complexity index is 200. The van der Waals surface area contributed by atoms with Gasteiger partial charge in [0.25, 0.3) is 0 Å². The zero-order valence-electron chi connectivity index (χ0n) is 6.58. The third-order valence-electron chi connectivity index (χ3n) is 2.49. The van der Waals surface area contributed by atoms with Crippen molar-refractivity contribution in [2.75, 3.05) is 0 Å². The summed E-state index contributed by atoms with van der Waals surface area (Å²) < 4.78 is 0. The van der Waals surface area contributed by atoms with E-state index in [0.29, 0.717) is 6.42 Å². The highest BCUT2D eigenvalue weighted by Gasteiger charge is 2.37. The normalized spacial score (nSPS) is 37.6. The maximum absolute atomic E-state index is 10.6. The highest BCUT2D eigenvalue weighted by Crippen LogP contribution is 2.33. The number of carboxylic acid groups (broad SMARTS) is 1. The summed E-state index contributed by atoms with van der Waals surface area (Å²) >= 11 is 0. The van der Waals surface area contributed by atoms with E-state index in [1.54, 1.807) is 0 Å². The van der Waals surface area contributed by atoms with Crippen LogP contribution >= 0.6 is 0 Å². The molecule has 0 saturated heterocycles. The molecule has 1 aliphatic rings. The van der Waals surface area contributed by atoms with Crippen molar-refractivity contribution < 1.29 is 9.90 Å². The van der Waals surface area contributed by atoms with E-state index in [1.165, 1.54) is 0 Å². The Morgan fingerprint density at radius 1 is 1.82 bits per heavy atom. The van der Waals surface area contributed by atoms with Crippen molar-refractivity contribution in [3.05, 3.63) is 12.2 Å². The average molecular weight is 155 g/mol. The Kier molecular flexibility index (Phi) is 2.00. The van der Waals surface area contributed by atoms with Gasteiger partial charge in [-0.1, -0.05) is 19.1 Å². The topological polar surface area (TPSA) is 63.3 Å². The molecular weight excluding hydrogens is 142 g/mol. The number of aliphatic carboxylic acids is 1. The first-order chi connectivity index (χ1) is 5.04. The van der Waals surface area contributed by atoms with Crippen LogP contribution in [0.1, 0.15) is 13.3 Å². The molecule has 11 heavy (non-hydrogen) atoms. The Labute approximate surface area is 65.9 Å². The SMILES string of the molecule is C=C1C[C@@H](C(=O)O)[C@@H](N)C1C. The summed E-state index contributed by atoms with van der Waals surface area (Å²) in [6.07, 6.45) is 0.539. The van der Waals surface area contributed by atoms with Crippen molar-refractivity contribution in [3.63, 3.8) is 0 Å². The van der Waals surface area contributed by atoms with Crippen LogP contribution in [0.15, 0.2) is 12.2 Å². The molecule has 1 saturated carbocycles. The molecule has 0 aliphatic heterocycles. The Morgan fingerprint density at radius 3 is 2.55 bits per heavy atom. The molecule has 3 nitrogen and oxygen atoms in total. The van der Waals surface area contributed by atoms with Crippen molar-refractivity contribution in [1.29, 1.82) is 0 Å². The second-order valence-electron chi connectivity index (χ2n) is 3.17. The summed E-state index contributed by atoms with van der Waals surface area (Å²) in [4.78, 5) is 10.6. The molecular formula is C8H13NO2. The first-order valence-corrected chi connectivity index (χ1v) is 3.70. The van der Waals surface area contributed by atoms with Crippen LogP contribution in [-0.4, -0.2) is 17.1 Å². The van der Waals surface area contributed by atoms with Crippen molar-refractivity contribution in [2.24, 2.45) is 17.6 Å². The fourth-order valence-corrected chi connectivity index (χ4v) is 1.48. The number of hydrogen-bond donors (Lipinski definition) is 2. The van der Waals surface area contributed by atoms with E-state index in [0.717, 1.165) is 5.57 Å². The molecule has 1 unspecified atom stereocenters. The second-order valence-corrected chi connectivity index (χ2v) is 3.17. The molecule has 0 heterocycles. The zero-order chi connectivity index (χ0) is 8.59. The largest absolute Gasteiger partial charge is 0.481 e. The molecule has 0 amide bonds. The second kappa shape index (κ2) is 2.66. The number of rotatable bonds is 1. The van der Waals surface area contributed by atoms with Gasteiger partial charge in [0.15, 0.2) is 0 Å². The lowest BCUT2D eigenvalue weighted by molar-refractivity contribution is -0.141. The van der Waals surface area contributed by atoms with Crippen LogP contribution in [0.4, 0.5) is 0 Å². The number of carbonyl (C=O) groups is 1. The minimum Gasteiger partial charge on any atom is -0.481 e. The fraction of sp³-hybridized carbons (Fsp3) is 0.625. The number of nitrogens with two attached hydrogens (primary N) is 1. The molecule has 62 valence electrons. The van der Waals surface area contributed by atoms with E-state index in [-0.39, 0.29) is 12.0 Å². The van der Waals surface area contributed by atoms with Crippen LogP contribution < -0.4 is 5.73 Å². The van der Waals surface area contributed by atoms with E-state index in [1.807, 2.05) is 6.92 Å². The summed E-state index contributed by atoms with van der Waals surface area (Å²) in [5, 5.41) is 8.70. The Balaban J connectivity index is 2.74. The van der Waals surface area contributed by atoms with Gasteiger partial charge >= 0.3 is 5.97 Å². The van der Waals surface area contributed by atoms with Gasteiger partial charge in [0.05, 0.1) is 5.92 Å². The molecule has 0 aromatic carbocycles. The van der Waals surface area contributed by atoms with Crippen molar-refractivity contribution in [2.45, 2.75) is 19.4 Å². The number of carboxylic acids is 1. The summed E-state index contributed by atoms with van der Waals surface area (Å²) in [6, 6.07) is -0.250. The molecule has 3 heteroatoms. The van der Waals surface area contributed by atoms with Gasteiger partial charge in [0, 0.05) is 6.04 Å². The minimum atomic E-state index is -0.803. The molecule has 0 radical (unpaired) electrons. The summed E-state index contributed by atoms with van der Waals surface area (Å²) in [6.45, 7) is 5.70. The van der Waals surface area contributed by atoms with E-state index >= 15 is 0 Å². The van der Waals surface area contributed by atoms with Gasteiger partial charge in [-0.2, -0.15) is 0 Å². The van der Waals surface area contributed by atoms with Gasteiger partial charge in [0.2, 0.25) is 0 Å². The molecule has 0 spiro atoms. The summed E-state index contributed by atoms with van der Waals surface area (Å²) in [7, 11) is 0. The molecule has 3 N–H and O–H groups in total. The van der Waals surface area contributed by atoms with E-state index < -0.39 is 11.9 Å². The quantitative estimate of drug-likeness (QED) is 0.545. The van der Waals surface area contributed by atoms with Crippen molar-refractivity contribution >= 4 is 5.97 Å². The summed E-state index contributed by atoms with van der Waals surface area (Å²) in [5.74, 6) is -1.07. The predicted octanol–water partition coefficient (Wildman–Crippen LogP) is 0.611. The van der Waals surface area contributed by atoms with Gasteiger partial charge in [-0.3, -0.25) is 4.79 Å². The molecule has 1 aliphatic carbocycles. The van der Waals surface area contributed by atoms with E-state index in [2.05, 4.69) is 6.58 Å². The van der Waals surface area contributed by atoms with Gasteiger partial charge in [0.1, 0.15) is 0 Å².